The number of benzene rings is 2. The standard InChI is InChI=1S/C21H24FNO3/c1-21(2)14-26-19(16-6-8-17(22)9-7-16)13-23(21)20(24)12-15-4-10-18(25-3)11-5-15/h4-11,19H,12-14H2,1-3H3. The normalized spacial score (nSPS) is 19.2. The Kier molecular flexibility index (Phi) is 5.28. The van der Waals surface area contributed by atoms with E-state index in [-0.39, 0.29) is 23.4 Å². The molecule has 1 saturated heterocycles. The summed E-state index contributed by atoms with van der Waals surface area (Å²) in [5.74, 6) is 0.539. The second-order valence-corrected chi connectivity index (χ2v) is 7.19. The average molecular weight is 357 g/mol. The molecule has 0 bridgehead atoms. The number of methoxy groups -OCH3 is 1. The number of morpholine rings is 1. The lowest BCUT2D eigenvalue weighted by Gasteiger charge is -2.45. The molecule has 4 nitrogen and oxygen atoms in total. The van der Waals surface area contributed by atoms with E-state index < -0.39 is 0 Å². The number of carbonyl (C=O) groups is 1. The summed E-state index contributed by atoms with van der Waals surface area (Å²) in [6, 6.07) is 13.8. The van der Waals surface area contributed by atoms with Crippen LogP contribution in [0.4, 0.5) is 4.39 Å². The Labute approximate surface area is 153 Å². The maximum atomic E-state index is 13.2. The zero-order valence-electron chi connectivity index (χ0n) is 15.4. The molecular formula is C21H24FNO3. The Morgan fingerprint density at radius 2 is 1.85 bits per heavy atom. The molecule has 5 heteroatoms. The molecule has 2 aromatic carbocycles. The molecule has 0 N–H and O–H groups in total. The summed E-state index contributed by atoms with van der Waals surface area (Å²) in [4.78, 5) is 14.8. The van der Waals surface area contributed by atoms with Crippen LogP contribution < -0.4 is 4.74 Å². The fraction of sp³-hybridized carbons (Fsp3) is 0.381. The van der Waals surface area contributed by atoms with Gasteiger partial charge in [-0.05, 0) is 49.2 Å². The van der Waals surface area contributed by atoms with Crippen LogP contribution in [0.5, 0.6) is 5.75 Å². The van der Waals surface area contributed by atoms with Gasteiger partial charge >= 0.3 is 0 Å². The predicted molar refractivity (Wildman–Crippen MR) is 97.6 cm³/mol. The Morgan fingerprint density at radius 1 is 1.19 bits per heavy atom. The van der Waals surface area contributed by atoms with Gasteiger partial charge in [-0.1, -0.05) is 24.3 Å². The third-order valence-corrected chi connectivity index (χ3v) is 4.77. The van der Waals surface area contributed by atoms with E-state index in [2.05, 4.69) is 0 Å². The molecule has 1 atom stereocenters. The van der Waals surface area contributed by atoms with Crippen LogP contribution in [0.2, 0.25) is 0 Å². The summed E-state index contributed by atoms with van der Waals surface area (Å²) in [5.41, 5.74) is 1.43. The number of hydrogen-bond donors (Lipinski definition) is 0. The van der Waals surface area contributed by atoms with Crippen LogP contribution in [0, 0.1) is 5.82 Å². The van der Waals surface area contributed by atoms with Gasteiger partial charge in [-0.15, -0.1) is 0 Å². The molecule has 1 unspecified atom stereocenters. The van der Waals surface area contributed by atoms with Crippen LogP contribution in [-0.4, -0.2) is 36.6 Å². The molecule has 0 spiro atoms. The molecule has 0 aliphatic carbocycles. The van der Waals surface area contributed by atoms with Crippen molar-refractivity contribution < 1.29 is 18.7 Å². The van der Waals surface area contributed by atoms with E-state index >= 15 is 0 Å². The minimum absolute atomic E-state index is 0.0515. The molecule has 1 aliphatic rings. The van der Waals surface area contributed by atoms with Crippen LogP contribution >= 0.6 is 0 Å². The number of halogens is 1. The number of rotatable bonds is 4. The Hall–Kier alpha value is -2.40. The van der Waals surface area contributed by atoms with Gasteiger partial charge in [-0.3, -0.25) is 4.79 Å². The highest BCUT2D eigenvalue weighted by Gasteiger charge is 2.38. The highest BCUT2D eigenvalue weighted by Crippen LogP contribution is 2.31. The van der Waals surface area contributed by atoms with E-state index in [9.17, 15) is 9.18 Å². The van der Waals surface area contributed by atoms with E-state index in [1.165, 1.54) is 12.1 Å². The van der Waals surface area contributed by atoms with Gasteiger partial charge < -0.3 is 14.4 Å². The van der Waals surface area contributed by atoms with Gasteiger partial charge in [0, 0.05) is 0 Å². The molecular weight excluding hydrogens is 333 g/mol. The fourth-order valence-electron chi connectivity index (χ4n) is 3.18. The molecule has 0 aromatic heterocycles. The highest BCUT2D eigenvalue weighted by atomic mass is 19.1. The van der Waals surface area contributed by atoms with Crippen molar-refractivity contribution in [2.45, 2.75) is 31.9 Å². The lowest BCUT2D eigenvalue weighted by atomic mass is 9.97. The van der Waals surface area contributed by atoms with Gasteiger partial charge in [0.05, 0.1) is 32.2 Å². The third-order valence-electron chi connectivity index (χ3n) is 4.77. The number of hydrogen-bond acceptors (Lipinski definition) is 3. The second kappa shape index (κ2) is 7.46. The van der Waals surface area contributed by atoms with Gasteiger partial charge in [0.1, 0.15) is 17.7 Å². The van der Waals surface area contributed by atoms with Gasteiger partial charge in [0.15, 0.2) is 0 Å². The monoisotopic (exact) mass is 357 g/mol. The van der Waals surface area contributed by atoms with Crippen molar-refractivity contribution in [1.29, 1.82) is 0 Å². The Morgan fingerprint density at radius 3 is 2.46 bits per heavy atom. The van der Waals surface area contributed by atoms with Gasteiger partial charge in [0.2, 0.25) is 5.91 Å². The van der Waals surface area contributed by atoms with E-state index in [1.54, 1.807) is 19.2 Å². The van der Waals surface area contributed by atoms with Crippen molar-refractivity contribution in [2.24, 2.45) is 0 Å². The van der Waals surface area contributed by atoms with Crippen molar-refractivity contribution in [2.75, 3.05) is 20.3 Å². The van der Waals surface area contributed by atoms with Crippen molar-refractivity contribution in [3.8, 4) is 5.75 Å². The molecule has 0 saturated carbocycles. The maximum absolute atomic E-state index is 13.2. The first-order chi connectivity index (χ1) is 12.4. The summed E-state index contributed by atoms with van der Waals surface area (Å²) in [5, 5.41) is 0. The van der Waals surface area contributed by atoms with E-state index in [4.69, 9.17) is 9.47 Å². The third kappa shape index (κ3) is 4.05. The van der Waals surface area contributed by atoms with E-state index in [0.717, 1.165) is 16.9 Å². The molecule has 3 rings (SSSR count). The number of carbonyl (C=O) groups excluding carboxylic acids is 1. The van der Waals surface area contributed by atoms with E-state index in [1.807, 2.05) is 43.0 Å². The molecule has 2 aromatic rings. The van der Waals surface area contributed by atoms with Crippen LogP contribution in [0.1, 0.15) is 31.1 Å². The van der Waals surface area contributed by atoms with E-state index in [0.29, 0.717) is 19.6 Å². The second-order valence-electron chi connectivity index (χ2n) is 7.19. The largest absolute Gasteiger partial charge is 0.497 e. The molecule has 1 amide bonds. The molecule has 26 heavy (non-hydrogen) atoms. The molecule has 1 heterocycles. The minimum atomic E-state index is -0.389. The van der Waals surface area contributed by atoms with Crippen molar-refractivity contribution in [3.05, 3.63) is 65.5 Å². The Balaban J connectivity index is 1.74. The summed E-state index contributed by atoms with van der Waals surface area (Å²) in [7, 11) is 1.62. The summed E-state index contributed by atoms with van der Waals surface area (Å²) in [6.45, 7) is 4.89. The molecule has 1 fully saturated rings. The van der Waals surface area contributed by atoms with Crippen LogP contribution in [0.3, 0.4) is 0 Å². The smallest absolute Gasteiger partial charge is 0.227 e. The van der Waals surface area contributed by atoms with Crippen molar-refractivity contribution >= 4 is 5.91 Å². The zero-order chi connectivity index (χ0) is 18.7. The highest BCUT2D eigenvalue weighted by molar-refractivity contribution is 5.79. The van der Waals surface area contributed by atoms with Gasteiger partial charge in [-0.25, -0.2) is 4.39 Å². The molecule has 138 valence electrons. The first kappa shape index (κ1) is 18.4. The average Bonchev–Trinajstić information content (AvgIpc) is 2.63. The van der Waals surface area contributed by atoms with Crippen molar-refractivity contribution in [3.63, 3.8) is 0 Å². The van der Waals surface area contributed by atoms with Gasteiger partial charge in [0.25, 0.3) is 0 Å². The SMILES string of the molecule is COc1ccc(CC(=O)N2CC(c3ccc(F)cc3)OCC2(C)C)cc1. The summed E-state index contributed by atoms with van der Waals surface area (Å²) >= 11 is 0. The van der Waals surface area contributed by atoms with Crippen LogP contribution in [0.15, 0.2) is 48.5 Å². The zero-order valence-corrected chi connectivity index (χ0v) is 15.4. The number of nitrogens with zero attached hydrogens (tertiary/aromatic N) is 1. The summed E-state index contributed by atoms with van der Waals surface area (Å²) in [6.07, 6.45) is 0.0762. The van der Waals surface area contributed by atoms with Gasteiger partial charge in [-0.2, -0.15) is 0 Å². The van der Waals surface area contributed by atoms with Crippen molar-refractivity contribution in [1.82, 2.24) is 4.90 Å². The minimum Gasteiger partial charge on any atom is -0.497 e. The Bertz CT molecular complexity index is 756. The molecule has 0 radical (unpaired) electrons. The topological polar surface area (TPSA) is 38.8 Å². The quantitative estimate of drug-likeness (QED) is 0.836. The predicted octanol–water partition coefficient (Wildman–Crippen LogP) is 3.76. The number of ether oxygens (including phenoxy) is 2. The fourth-order valence-corrected chi connectivity index (χ4v) is 3.18. The first-order valence-electron chi connectivity index (χ1n) is 8.69. The number of amides is 1. The summed E-state index contributed by atoms with van der Waals surface area (Å²) < 4.78 is 24.3. The van der Waals surface area contributed by atoms with Crippen LogP contribution in [0.25, 0.3) is 0 Å². The lowest BCUT2D eigenvalue weighted by Crippen LogP contribution is -2.56. The lowest BCUT2D eigenvalue weighted by molar-refractivity contribution is -0.154. The first-order valence-corrected chi connectivity index (χ1v) is 8.69. The molecule has 1 aliphatic heterocycles. The maximum Gasteiger partial charge on any atom is 0.227 e. The van der Waals surface area contributed by atoms with Crippen LogP contribution in [-0.2, 0) is 16.0 Å².